The van der Waals surface area contributed by atoms with Gasteiger partial charge in [-0.05, 0) is 61.7 Å². The van der Waals surface area contributed by atoms with Gasteiger partial charge in [0.2, 0.25) is 0 Å². The number of benzene rings is 2. The monoisotopic (exact) mass is 539 g/mol. The first kappa shape index (κ1) is 26.6. The van der Waals surface area contributed by atoms with Gasteiger partial charge in [0.15, 0.2) is 6.23 Å². The van der Waals surface area contributed by atoms with Crippen LogP contribution in [0.3, 0.4) is 0 Å². The van der Waals surface area contributed by atoms with Crippen molar-refractivity contribution in [3.8, 4) is 0 Å². The molecular formula is C26H27F6N5O. The van der Waals surface area contributed by atoms with Crippen molar-refractivity contribution in [3.05, 3.63) is 82.2 Å². The van der Waals surface area contributed by atoms with Crippen molar-refractivity contribution >= 4 is 0 Å². The molecule has 2 unspecified atom stereocenters. The summed E-state index contributed by atoms with van der Waals surface area (Å²) >= 11 is 0. The first-order valence-electron chi connectivity index (χ1n) is 12.2. The van der Waals surface area contributed by atoms with E-state index in [-0.39, 0.29) is 17.7 Å². The van der Waals surface area contributed by atoms with Gasteiger partial charge < -0.3 is 9.64 Å². The number of rotatable bonds is 8. The minimum Gasteiger partial charge on any atom is -0.352 e. The van der Waals surface area contributed by atoms with Gasteiger partial charge in [-0.1, -0.05) is 35.5 Å². The molecule has 2 heterocycles. The van der Waals surface area contributed by atoms with Crippen molar-refractivity contribution in [2.24, 2.45) is 11.8 Å². The maximum atomic E-state index is 13.4. The van der Waals surface area contributed by atoms with Gasteiger partial charge in [-0.25, -0.2) is 0 Å². The molecule has 1 saturated carbocycles. The van der Waals surface area contributed by atoms with Gasteiger partial charge in [-0.3, -0.25) is 10.00 Å². The highest BCUT2D eigenvalue weighted by atomic mass is 19.4. The molecule has 0 radical (unpaired) electrons. The Balaban J connectivity index is 1.50. The van der Waals surface area contributed by atoms with Gasteiger partial charge in [0.05, 0.1) is 23.4 Å². The standard InChI is InChI=1S/C26H27F6N5O/c1-36(2)13-21-22(34-35-33-21)24(37-12-17-10-20(17)23(37)16-6-4-3-5-7-16)38-14-15-8-18(25(27,28)29)11-19(9-15)26(30,31)32/h3-9,11,17,20,23-24H,10,12-14H2,1-2H3,(H,33,34,35)/t17?,20?,23-,24-/m1/s1. The van der Waals surface area contributed by atoms with Gasteiger partial charge in [0.1, 0.15) is 5.69 Å². The van der Waals surface area contributed by atoms with Crippen LogP contribution < -0.4 is 0 Å². The quantitative estimate of drug-likeness (QED) is 0.366. The fourth-order valence-corrected chi connectivity index (χ4v) is 5.33. The number of aromatic nitrogens is 3. The number of piperidine rings is 1. The second-order valence-electron chi connectivity index (χ2n) is 10.2. The second kappa shape index (κ2) is 9.97. The molecule has 4 atom stereocenters. The second-order valence-corrected chi connectivity index (χ2v) is 10.2. The number of hydrogen-bond acceptors (Lipinski definition) is 5. The molecule has 1 aliphatic carbocycles. The molecule has 1 N–H and O–H groups in total. The fourth-order valence-electron chi connectivity index (χ4n) is 5.33. The predicted molar refractivity (Wildman–Crippen MR) is 125 cm³/mol. The van der Waals surface area contributed by atoms with Gasteiger partial charge >= 0.3 is 12.4 Å². The SMILES string of the molecule is CN(C)Cc1[nH]nnc1[C@@H](OCc1cc(C(F)(F)F)cc(C(F)(F)F)c1)N1CC2CC2[C@H]1c1ccccc1. The maximum Gasteiger partial charge on any atom is 0.416 e. The summed E-state index contributed by atoms with van der Waals surface area (Å²) in [5, 5.41) is 11.1. The number of fused-ring (bicyclic) bond motifs is 1. The van der Waals surface area contributed by atoms with E-state index in [4.69, 9.17) is 4.74 Å². The summed E-state index contributed by atoms with van der Waals surface area (Å²) in [5.41, 5.74) is -0.780. The molecule has 12 heteroatoms. The molecule has 0 spiro atoms. The Morgan fingerprint density at radius 2 is 1.68 bits per heavy atom. The van der Waals surface area contributed by atoms with Crippen molar-refractivity contribution in [2.45, 2.75) is 44.2 Å². The zero-order chi connectivity index (χ0) is 27.2. The highest BCUT2D eigenvalue weighted by Gasteiger charge is 2.55. The third kappa shape index (κ3) is 5.57. The Morgan fingerprint density at radius 3 is 2.29 bits per heavy atom. The fraction of sp³-hybridized carbons (Fsp3) is 0.462. The summed E-state index contributed by atoms with van der Waals surface area (Å²) in [4.78, 5) is 4.00. The highest BCUT2D eigenvalue weighted by molar-refractivity contribution is 5.33. The molecule has 6 nitrogen and oxygen atoms in total. The third-order valence-corrected chi connectivity index (χ3v) is 7.04. The molecule has 5 rings (SSSR count). The van der Waals surface area contributed by atoms with E-state index in [1.165, 1.54) is 0 Å². The van der Waals surface area contributed by atoms with E-state index in [0.29, 0.717) is 48.4 Å². The van der Waals surface area contributed by atoms with Crippen molar-refractivity contribution < 1.29 is 31.1 Å². The van der Waals surface area contributed by atoms with Crippen molar-refractivity contribution in [3.63, 3.8) is 0 Å². The molecule has 1 aliphatic heterocycles. The van der Waals surface area contributed by atoms with Crippen molar-refractivity contribution in [2.75, 3.05) is 20.6 Å². The lowest BCUT2D eigenvalue weighted by Gasteiger charge is -2.34. The molecule has 2 aromatic carbocycles. The van der Waals surface area contributed by atoms with Gasteiger partial charge in [0, 0.05) is 19.1 Å². The van der Waals surface area contributed by atoms with Crippen LogP contribution in [0.25, 0.3) is 0 Å². The van der Waals surface area contributed by atoms with E-state index in [1.807, 2.05) is 49.3 Å². The van der Waals surface area contributed by atoms with Crippen LogP contribution in [-0.2, 0) is 30.2 Å². The summed E-state index contributed by atoms with van der Waals surface area (Å²) in [7, 11) is 3.72. The first-order valence-corrected chi connectivity index (χ1v) is 12.2. The molecule has 3 aromatic rings. The van der Waals surface area contributed by atoms with Gasteiger partial charge in [-0.2, -0.15) is 26.3 Å². The molecule has 2 fully saturated rings. The highest BCUT2D eigenvalue weighted by Crippen LogP contribution is 2.58. The van der Waals surface area contributed by atoms with Crippen LogP contribution in [0.4, 0.5) is 26.3 Å². The van der Waals surface area contributed by atoms with E-state index in [9.17, 15) is 26.3 Å². The Kier molecular flexibility index (Phi) is 6.99. The van der Waals surface area contributed by atoms with Crippen LogP contribution in [-0.4, -0.2) is 45.9 Å². The van der Waals surface area contributed by atoms with Gasteiger partial charge in [0.25, 0.3) is 0 Å². The van der Waals surface area contributed by atoms with Crippen molar-refractivity contribution in [1.29, 1.82) is 0 Å². The first-order chi connectivity index (χ1) is 17.9. The van der Waals surface area contributed by atoms with Gasteiger partial charge in [-0.15, -0.1) is 5.10 Å². The average molecular weight is 540 g/mol. The summed E-state index contributed by atoms with van der Waals surface area (Å²) in [5.74, 6) is 0.819. The maximum absolute atomic E-state index is 13.4. The molecule has 2 aliphatic rings. The molecular weight excluding hydrogens is 512 g/mol. The summed E-state index contributed by atoms with van der Waals surface area (Å²) < 4.78 is 86.7. The van der Waals surface area contributed by atoms with Crippen LogP contribution in [0.2, 0.25) is 0 Å². The summed E-state index contributed by atoms with van der Waals surface area (Å²) in [6.07, 6.45) is -9.65. The summed E-state index contributed by atoms with van der Waals surface area (Å²) in [6.45, 7) is 0.638. The smallest absolute Gasteiger partial charge is 0.352 e. The lowest BCUT2D eigenvalue weighted by molar-refractivity contribution is -0.143. The zero-order valence-corrected chi connectivity index (χ0v) is 20.7. The Hall–Kier alpha value is -2.96. The number of ether oxygens (including phenoxy) is 1. The van der Waals surface area contributed by atoms with E-state index in [2.05, 4.69) is 20.3 Å². The minimum absolute atomic E-state index is 0.0256. The third-order valence-electron chi connectivity index (χ3n) is 7.04. The number of H-pyrrole nitrogens is 1. The predicted octanol–water partition coefficient (Wildman–Crippen LogP) is 5.81. The Morgan fingerprint density at radius 1 is 1.03 bits per heavy atom. The largest absolute Gasteiger partial charge is 0.416 e. The number of likely N-dealkylation sites (tertiary alicyclic amines) is 1. The molecule has 1 aromatic heterocycles. The van der Waals surface area contributed by atoms with E-state index < -0.39 is 36.3 Å². The number of nitrogens with one attached hydrogen (secondary N) is 1. The van der Waals surface area contributed by atoms with E-state index >= 15 is 0 Å². The molecule has 1 saturated heterocycles. The zero-order valence-electron chi connectivity index (χ0n) is 20.7. The van der Waals surface area contributed by atoms with Crippen LogP contribution in [0.5, 0.6) is 0 Å². The molecule has 204 valence electrons. The molecule has 0 bridgehead atoms. The minimum atomic E-state index is -4.94. The number of halogens is 6. The summed E-state index contributed by atoms with van der Waals surface area (Å²) in [6, 6.07) is 11.3. The molecule has 0 amide bonds. The topological polar surface area (TPSA) is 57.3 Å². The van der Waals surface area contributed by atoms with Crippen molar-refractivity contribution in [1.82, 2.24) is 25.2 Å². The number of aromatic amines is 1. The number of hydrogen-bond donors (Lipinski definition) is 1. The number of alkyl halides is 6. The normalized spacial score (nSPS) is 22.6. The van der Waals surface area contributed by atoms with Crippen LogP contribution in [0.1, 0.15) is 52.3 Å². The van der Waals surface area contributed by atoms with Crippen LogP contribution in [0.15, 0.2) is 48.5 Å². The van der Waals surface area contributed by atoms with E-state index in [1.54, 1.807) is 0 Å². The van der Waals surface area contributed by atoms with Crippen LogP contribution >= 0.6 is 0 Å². The Bertz CT molecular complexity index is 1230. The Labute approximate surface area is 215 Å². The molecule has 38 heavy (non-hydrogen) atoms. The average Bonchev–Trinajstić information content (AvgIpc) is 3.28. The lowest BCUT2D eigenvalue weighted by atomic mass is 10.0. The van der Waals surface area contributed by atoms with E-state index in [0.717, 1.165) is 12.0 Å². The number of nitrogens with zero attached hydrogens (tertiary/aromatic N) is 4. The van der Waals surface area contributed by atoms with Crippen LogP contribution in [0, 0.1) is 11.8 Å². The lowest BCUT2D eigenvalue weighted by Crippen LogP contribution is -2.34.